The van der Waals surface area contributed by atoms with Gasteiger partial charge < -0.3 is 14.6 Å². The first-order chi connectivity index (χ1) is 9.08. The predicted octanol–water partition coefficient (Wildman–Crippen LogP) is 2.07. The lowest BCUT2D eigenvalue weighted by Crippen LogP contribution is -2.15. The first-order valence-electron chi connectivity index (χ1n) is 6.23. The van der Waals surface area contributed by atoms with Crippen LogP contribution in [-0.2, 0) is 16.0 Å². The Morgan fingerprint density at radius 3 is 2.47 bits per heavy atom. The molecule has 0 saturated heterocycles. The van der Waals surface area contributed by atoms with Crippen LogP contribution in [0.15, 0.2) is 18.2 Å². The van der Waals surface area contributed by atoms with Crippen molar-refractivity contribution in [3.63, 3.8) is 0 Å². The van der Waals surface area contributed by atoms with Gasteiger partial charge in [0.25, 0.3) is 0 Å². The lowest BCUT2D eigenvalue weighted by atomic mass is 10.1. The zero-order valence-corrected chi connectivity index (χ0v) is 11.1. The van der Waals surface area contributed by atoms with Crippen LogP contribution in [0.1, 0.15) is 25.8 Å². The predicted molar refractivity (Wildman–Crippen MR) is 69.7 cm³/mol. The van der Waals surface area contributed by atoms with E-state index in [2.05, 4.69) is 0 Å². The summed E-state index contributed by atoms with van der Waals surface area (Å²) in [4.78, 5) is 21.7. The van der Waals surface area contributed by atoms with E-state index in [1.54, 1.807) is 18.2 Å². The van der Waals surface area contributed by atoms with Gasteiger partial charge in [-0.05, 0) is 31.0 Å². The van der Waals surface area contributed by atoms with Crippen molar-refractivity contribution in [2.75, 3.05) is 13.2 Å². The Balaban J connectivity index is 2.88. The molecule has 0 aromatic heterocycles. The Labute approximate surface area is 112 Å². The standard InChI is InChI=1S/C14H18O5/c1-3-7-19-12-6-5-10(8-11(15)14(16)17)9-13(12)18-4-2/h5-6,9H,3-4,7-8H2,1-2H3,(H,16,17). The van der Waals surface area contributed by atoms with Gasteiger partial charge >= 0.3 is 5.97 Å². The Bertz CT molecular complexity index is 453. The lowest BCUT2D eigenvalue weighted by Gasteiger charge is -2.12. The highest BCUT2D eigenvalue weighted by molar-refractivity contribution is 6.33. The number of benzene rings is 1. The van der Waals surface area contributed by atoms with E-state index in [1.807, 2.05) is 13.8 Å². The van der Waals surface area contributed by atoms with Gasteiger partial charge in [0.15, 0.2) is 11.5 Å². The summed E-state index contributed by atoms with van der Waals surface area (Å²) in [5, 5.41) is 8.58. The SMILES string of the molecule is CCCOc1ccc(CC(=O)C(=O)O)cc1OCC. The number of ether oxygens (including phenoxy) is 2. The van der Waals surface area contributed by atoms with Gasteiger partial charge in [0, 0.05) is 6.42 Å². The molecule has 0 bridgehead atoms. The van der Waals surface area contributed by atoms with Crippen LogP contribution in [0, 0.1) is 0 Å². The number of aliphatic carboxylic acids is 1. The second-order valence-corrected chi connectivity index (χ2v) is 3.97. The first kappa shape index (κ1) is 15.0. The largest absolute Gasteiger partial charge is 0.490 e. The van der Waals surface area contributed by atoms with Crippen LogP contribution in [0.5, 0.6) is 11.5 Å². The van der Waals surface area contributed by atoms with Crippen molar-refractivity contribution in [1.29, 1.82) is 0 Å². The van der Waals surface area contributed by atoms with Crippen molar-refractivity contribution in [2.45, 2.75) is 26.7 Å². The molecule has 1 N–H and O–H groups in total. The van der Waals surface area contributed by atoms with Gasteiger partial charge in [-0.15, -0.1) is 0 Å². The molecule has 0 saturated carbocycles. The third-order valence-corrected chi connectivity index (χ3v) is 2.37. The molecule has 0 amide bonds. The third kappa shape index (κ3) is 4.62. The Hall–Kier alpha value is -2.04. The lowest BCUT2D eigenvalue weighted by molar-refractivity contribution is -0.148. The maximum absolute atomic E-state index is 11.2. The quantitative estimate of drug-likeness (QED) is 0.729. The van der Waals surface area contributed by atoms with Gasteiger partial charge in [-0.2, -0.15) is 0 Å². The molecular weight excluding hydrogens is 248 g/mol. The van der Waals surface area contributed by atoms with E-state index in [4.69, 9.17) is 14.6 Å². The van der Waals surface area contributed by atoms with Crippen molar-refractivity contribution in [3.05, 3.63) is 23.8 Å². The summed E-state index contributed by atoms with van der Waals surface area (Å²) in [5.41, 5.74) is 0.597. The molecule has 0 aliphatic rings. The molecule has 0 heterocycles. The number of carboxylic acids is 1. The number of rotatable bonds is 8. The third-order valence-electron chi connectivity index (χ3n) is 2.37. The van der Waals surface area contributed by atoms with Gasteiger partial charge in [0.2, 0.25) is 5.78 Å². The summed E-state index contributed by atoms with van der Waals surface area (Å²) in [5.74, 6) is -1.13. The molecule has 0 atom stereocenters. The average Bonchev–Trinajstić information content (AvgIpc) is 2.38. The number of ketones is 1. The summed E-state index contributed by atoms with van der Waals surface area (Å²) >= 11 is 0. The van der Waals surface area contributed by atoms with Crippen molar-refractivity contribution in [3.8, 4) is 11.5 Å². The normalized spacial score (nSPS) is 10.0. The fraction of sp³-hybridized carbons (Fsp3) is 0.429. The van der Waals surface area contributed by atoms with Crippen LogP contribution >= 0.6 is 0 Å². The van der Waals surface area contributed by atoms with Crippen LogP contribution < -0.4 is 9.47 Å². The summed E-state index contributed by atoms with van der Waals surface area (Å²) < 4.78 is 11.0. The number of carbonyl (C=O) groups excluding carboxylic acids is 1. The minimum absolute atomic E-state index is 0.149. The number of carbonyl (C=O) groups is 2. The maximum Gasteiger partial charge on any atom is 0.372 e. The van der Waals surface area contributed by atoms with E-state index in [1.165, 1.54) is 0 Å². The topological polar surface area (TPSA) is 72.8 Å². The molecule has 0 radical (unpaired) electrons. The first-order valence-corrected chi connectivity index (χ1v) is 6.23. The minimum Gasteiger partial charge on any atom is -0.490 e. The van der Waals surface area contributed by atoms with E-state index < -0.39 is 11.8 Å². The van der Waals surface area contributed by atoms with Crippen LogP contribution in [0.3, 0.4) is 0 Å². The molecule has 5 nitrogen and oxygen atoms in total. The van der Waals surface area contributed by atoms with Crippen LogP contribution in [0.2, 0.25) is 0 Å². The van der Waals surface area contributed by atoms with Crippen LogP contribution in [-0.4, -0.2) is 30.1 Å². The summed E-state index contributed by atoms with van der Waals surface area (Å²) in [6.45, 7) is 4.89. The second kappa shape index (κ2) is 7.41. The smallest absolute Gasteiger partial charge is 0.372 e. The van der Waals surface area contributed by atoms with Crippen LogP contribution in [0.4, 0.5) is 0 Å². The summed E-state index contributed by atoms with van der Waals surface area (Å²) in [7, 11) is 0. The van der Waals surface area contributed by atoms with Crippen LogP contribution in [0.25, 0.3) is 0 Å². The van der Waals surface area contributed by atoms with E-state index >= 15 is 0 Å². The Morgan fingerprint density at radius 1 is 1.16 bits per heavy atom. The molecule has 104 valence electrons. The van der Waals surface area contributed by atoms with Crippen molar-refractivity contribution < 1.29 is 24.2 Å². The van der Waals surface area contributed by atoms with Crippen molar-refractivity contribution in [2.24, 2.45) is 0 Å². The van der Waals surface area contributed by atoms with Crippen molar-refractivity contribution >= 4 is 11.8 Å². The molecule has 1 aromatic carbocycles. The fourth-order valence-corrected chi connectivity index (χ4v) is 1.52. The number of Topliss-reactive ketones (excluding diaryl/α,β-unsaturated/α-hetero) is 1. The van der Waals surface area contributed by atoms with Gasteiger partial charge in [-0.3, -0.25) is 4.79 Å². The monoisotopic (exact) mass is 266 g/mol. The summed E-state index contributed by atoms with van der Waals surface area (Å²) in [6.07, 6.45) is 0.730. The fourth-order valence-electron chi connectivity index (χ4n) is 1.52. The van der Waals surface area contributed by atoms with E-state index in [0.717, 1.165) is 6.42 Å². The zero-order valence-electron chi connectivity index (χ0n) is 11.1. The molecule has 0 aliphatic carbocycles. The van der Waals surface area contributed by atoms with E-state index in [-0.39, 0.29) is 6.42 Å². The minimum atomic E-state index is -1.43. The number of carboxylic acid groups (broad SMARTS) is 1. The highest BCUT2D eigenvalue weighted by Gasteiger charge is 2.14. The number of hydrogen-bond acceptors (Lipinski definition) is 4. The molecule has 0 unspecified atom stereocenters. The Morgan fingerprint density at radius 2 is 1.89 bits per heavy atom. The molecular formula is C14H18O5. The zero-order chi connectivity index (χ0) is 14.3. The molecule has 0 spiro atoms. The molecule has 0 aliphatic heterocycles. The highest BCUT2D eigenvalue weighted by atomic mass is 16.5. The van der Waals surface area contributed by atoms with E-state index in [9.17, 15) is 9.59 Å². The van der Waals surface area contributed by atoms with E-state index in [0.29, 0.717) is 30.3 Å². The summed E-state index contributed by atoms with van der Waals surface area (Å²) in [6, 6.07) is 5.02. The average molecular weight is 266 g/mol. The van der Waals surface area contributed by atoms with Gasteiger partial charge in [0.05, 0.1) is 13.2 Å². The van der Waals surface area contributed by atoms with Gasteiger partial charge in [0.1, 0.15) is 0 Å². The molecule has 1 rings (SSSR count). The molecule has 5 heteroatoms. The van der Waals surface area contributed by atoms with Crippen molar-refractivity contribution in [1.82, 2.24) is 0 Å². The van der Waals surface area contributed by atoms with Gasteiger partial charge in [-0.1, -0.05) is 13.0 Å². The molecule has 1 aromatic rings. The molecule has 0 fully saturated rings. The molecule has 19 heavy (non-hydrogen) atoms. The second-order valence-electron chi connectivity index (χ2n) is 3.97. The highest BCUT2D eigenvalue weighted by Crippen LogP contribution is 2.28. The maximum atomic E-state index is 11.2. The number of hydrogen-bond donors (Lipinski definition) is 1. The Kier molecular flexibility index (Phi) is 5.85. The van der Waals surface area contributed by atoms with Gasteiger partial charge in [-0.25, -0.2) is 4.79 Å².